The molecule has 3 aliphatic rings. The van der Waals surface area contributed by atoms with Crippen molar-refractivity contribution in [3.05, 3.63) is 29.1 Å². The van der Waals surface area contributed by atoms with Crippen LogP contribution in [0.2, 0.25) is 0 Å². The molecular weight excluding hydrogens is 1640 g/mol. The van der Waals surface area contributed by atoms with Crippen molar-refractivity contribution in [3.63, 3.8) is 0 Å². The molecule has 2 saturated heterocycles. The number of nitrogens with one attached hydrogen (secondary N) is 5. The highest BCUT2D eigenvalue weighted by Crippen LogP contribution is 2.37. The van der Waals surface area contributed by atoms with Crippen molar-refractivity contribution in [1.82, 2.24) is 26.6 Å². The monoisotopic (exact) mass is 1760 g/mol. The molecule has 1 aromatic carbocycles. The van der Waals surface area contributed by atoms with E-state index in [9.17, 15) is 104 Å². The van der Waals surface area contributed by atoms with Crippen molar-refractivity contribution in [2.45, 2.75) is 290 Å². The fourth-order valence-electron chi connectivity index (χ4n) is 13.3. The van der Waals surface area contributed by atoms with Crippen molar-refractivity contribution < 1.29 is 180 Å². The average Bonchev–Trinajstić information content (AvgIpc) is 0.792. The summed E-state index contributed by atoms with van der Waals surface area (Å²) in [5, 5.41) is 24.3. The molecule has 0 aromatic heterocycles. The molecule has 688 valence electrons. The van der Waals surface area contributed by atoms with Gasteiger partial charge in [0.05, 0.1) is 19.3 Å². The van der Waals surface area contributed by atoms with E-state index >= 15 is 0 Å². The summed E-state index contributed by atoms with van der Waals surface area (Å²) in [5.74, 6) is -27.6. The SMILES string of the molecule is CC(=O)OC[C@@H]1[C@H](COC(C)=O)[C@H](OC(C)=O)CC[C@H]1OCCCCCCNC(=O)C(CCC(=O)NCCCCCCOC1O[C@H](COC(C)=O)[C@@H](OC(C)=O)[C@H](OC(C)=O)[C@@H]1OC(C)=O)NC(=O)CCC(NC(=O)CCCC(=O)Oc1c(F)c(F)c(F)c(F)c1F)C(=O)NCCCCCCO[C@H]1O[C@H](COC(C)=O)[C@@H](O)[C@H](OC(C)=O)[C@@H]1OC(C)=O. The Hall–Kier alpha value is -9.85. The Morgan fingerprint density at radius 3 is 1.19 bits per heavy atom. The third-order valence-electron chi connectivity index (χ3n) is 19.0. The molecule has 3 unspecified atom stereocenters. The molecule has 4 rings (SSSR count). The second-order valence-corrected chi connectivity index (χ2v) is 29.1. The second kappa shape index (κ2) is 55.3. The molecule has 1 saturated carbocycles. The molecule has 0 bridgehead atoms. The number of benzene rings is 1. The van der Waals surface area contributed by atoms with Crippen molar-refractivity contribution in [1.29, 1.82) is 0 Å². The van der Waals surface area contributed by atoms with Gasteiger partial charge >= 0.3 is 65.7 Å². The first-order valence-corrected chi connectivity index (χ1v) is 40.3. The molecule has 38 nitrogen and oxygen atoms in total. The highest BCUT2D eigenvalue weighted by atomic mass is 19.2. The fourth-order valence-corrected chi connectivity index (χ4v) is 13.3. The largest absolute Gasteiger partial charge is 0.465 e. The van der Waals surface area contributed by atoms with Crippen LogP contribution in [-0.2, 0) is 148 Å². The summed E-state index contributed by atoms with van der Waals surface area (Å²) in [4.78, 5) is 202. The van der Waals surface area contributed by atoms with Gasteiger partial charge < -0.3 is 107 Å². The van der Waals surface area contributed by atoms with Crippen LogP contribution in [0.5, 0.6) is 5.75 Å². The highest BCUT2D eigenvalue weighted by molar-refractivity contribution is 5.90. The molecule has 122 heavy (non-hydrogen) atoms. The molecule has 3 fully saturated rings. The molecule has 0 spiro atoms. The zero-order valence-corrected chi connectivity index (χ0v) is 70.1. The van der Waals surface area contributed by atoms with Crippen molar-refractivity contribution in [3.8, 4) is 5.75 Å². The van der Waals surface area contributed by atoms with E-state index in [-0.39, 0.29) is 65.5 Å². The molecule has 1 aromatic rings. The summed E-state index contributed by atoms with van der Waals surface area (Å²) in [7, 11) is 0. The smallest absolute Gasteiger partial charge is 0.311 e. The second-order valence-electron chi connectivity index (χ2n) is 29.1. The zero-order valence-electron chi connectivity index (χ0n) is 70.1. The molecule has 0 radical (unpaired) electrons. The Bertz CT molecular complexity index is 3650. The maximum Gasteiger partial charge on any atom is 0.311 e. The minimum absolute atomic E-state index is 0.0146. The van der Waals surface area contributed by atoms with Gasteiger partial charge in [-0.2, -0.15) is 8.78 Å². The number of amides is 5. The van der Waals surface area contributed by atoms with Crippen LogP contribution in [-0.4, -0.2) is 252 Å². The molecule has 43 heteroatoms. The van der Waals surface area contributed by atoms with Gasteiger partial charge in [-0.15, -0.1) is 0 Å². The number of unbranched alkanes of at least 4 members (excludes halogenated alkanes) is 9. The van der Waals surface area contributed by atoms with E-state index < -0.39 is 273 Å². The van der Waals surface area contributed by atoms with Gasteiger partial charge in [0.25, 0.3) is 0 Å². The number of halogens is 5. The molecule has 2 aliphatic heterocycles. The van der Waals surface area contributed by atoms with Gasteiger partial charge in [0.2, 0.25) is 64.4 Å². The number of aliphatic hydroxyl groups is 1. The van der Waals surface area contributed by atoms with Gasteiger partial charge in [-0.05, 0) is 70.6 Å². The quantitative estimate of drug-likeness (QED) is 0.0102. The Morgan fingerprint density at radius 2 is 0.721 bits per heavy atom. The number of hydrogen-bond acceptors (Lipinski definition) is 33. The van der Waals surface area contributed by atoms with E-state index in [0.29, 0.717) is 89.9 Å². The van der Waals surface area contributed by atoms with Crippen LogP contribution < -0.4 is 31.3 Å². The Morgan fingerprint density at radius 1 is 0.361 bits per heavy atom. The average molecular weight is 1760 g/mol. The highest BCUT2D eigenvalue weighted by Gasteiger charge is 2.54. The Balaban J connectivity index is 1.45. The molecule has 1 aliphatic carbocycles. The van der Waals surface area contributed by atoms with Gasteiger partial charge in [-0.3, -0.25) is 76.7 Å². The van der Waals surface area contributed by atoms with Gasteiger partial charge in [-0.25, -0.2) is 13.2 Å². The normalized spacial score (nSPS) is 22.2. The first kappa shape index (κ1) is 104. The van der Waals surface area contributed by atoms with Crippen molar-refractivity contribution in [2.75, 3.05) is 65.9 Å². The summed E-state index contributed by atoms with van der Waals surface area (Å²) in [6.07, 6.45) is -12.5. The third-order valence-corrected chi connectivity index (χ3v) is 19.0. The fraction of sp³-hybridized carbons (Fsp3) is 0.722. The van der Waals surface area contributed by atoms with E-state index in [1.54, 1.807) is 0 Å². The Kier molecular flexibility index (Phi) is 47.4. The van der Waals surface area contributed by atoms with Crippen LogP contribution in [0.15, 0.2) is 0 Å². The number of carbonyl (C=O) groups is 16. The van der Waals surface area contributed by atoms with E-state index in [1.165, 1.54) is 20.8 Å². The summed E-state index contributed by atoms with van der Waals surface area (Å²) >= 11 is 0. The zero-order chi connectivity index (χ0) is 90.7. The number of esters is 11. The predicted octanol–water partition coefficient (Wildman–Crippen LogP) is 4.12. The lowest BCUT2D eigenvalue weighted by Crippen LogP contribution is -2.63. The molecule has 2 heterocycles. The van der Waals surface area contributed by atoms with Crippen molar-refractivity contribution in [2.24, 2.45) is 11.8 Å². The maximum absolute atomic E-state index is 14.3. The number of rotatable bonds is 53. The molecule has 5 amide bonds. The van der Waals surface area contributed by atoms with Gasteiger partial charge in [0.15, 0.2) is 43.1 Å². The minimum atomic E-state index is -2.51. The first-order valence-electron chi connectivity index (χ1n) is 40.3. The van der Waals surface area contributed by atoms with Crippen LogP contribution in [0.4, 0.5) is 22.0 Å². The molecule has 6 N–H and O–H groups in total. The Labute approximate surface area is 701 Å². The maximum atomic E-state index is 14.3. The van der Waals surface area contributed by atoms with Crippen LogP contribution in [0.3, 0.4) is 0 Å². The number of aliphatic hydroxyl groups excluding tert-OH is 1. The number of carbonyl (C=O) groups excluding carboxylic acids is 16. The lowest BCUT2D eigenvalue weighted by Gasteiger charge is -2.44. The number of ether oxygens (including phenoxy) is 16. The summed E-state index contributed by atoms with van der Waals surface area (Å²) in [6, 6.07) is -2.89. The lowest BCUT2D eigenvalue weighted by atomic mass is 9.75. The van der Waals surface area contributed by atoms with E-state index in [0.717, 1.165) is 48.5 Å². The molecule has 16 atom stereocenters. The van der Waals surface area contributed by atoms with E-state index in [2.05, 4.69) is 31.3 Å². The third kappa shape index (κ3) is 38.7. The van der Waals surface area contributed by atoms with Gasteiger partial charge in [0, 0.05) is 146 Å². The lowest BCUT2D eigenvalue weighted by molar-refractivity contribution is -0.308. The predicted molar refractivity (Wildman–Crippen MR) is 404 cm³/mol. The summed E-state index contributed by atoms with van der Waals surface area (Å²) in [6.45, 7) is 10.6. The summed E-state index contributed by atoms with van der Waals surface area (Å²) < 4.78 is 158. The van der Waals surface area contributed by atoms with Crippen LogP contribution >= 0.6 is 0 Å². The first-order chi connectivity index (χ1) is 57.8. The van der Waals surface area contributed by atoms with Crippen LogP contribution in [0, 0.1) is 40.9 Å². The van der Waals surface area contributed by atoms with E-state index in [4.69, 9.17) is 71.1 Å². The summed E-state index contributed by atoms with van der Waals surface area (Å²) in [5.41, 5.74) is 0. The van der Waals surface area contributed by atoms with Crippen LogP contribution in [0.25, 0.3) is 0 Å². The van der Waals surface area contributed by atoms with Gasteiger partial charge in [0.1, 0.15) is 49.7 Å². The van der Waals surface area contributed by atoms with Gasteiger partial charge in [-0.1, -0.05) is 38.5 Å². The standard InChI is InChI=1S/C79H114F5N5O33/c1-42(90)110-38-52-53(39-111-43(2)91)57(114-46(5)94)29-28-56(52)107-35-20-14-12-18-33-86-76(105)54(26-30-60(100)85-32-17-11-15-21-37-109-79-75(119-51(10)99)73(117-49(8)97)70(115-47(6)95)59(121-79)41-113-45(4)93)89-62(102)31-27-55(88-61(101)24-23-25-63(103)122-71-67(83)65(81)64(80)66(82)68(71)84)77(106)87-34-19-13-16-22-36-108-78-74(118-50(9)98)72(116-48(7)96)69(104)58(120-78)40-112-44(3)92/h52-59,69-70,72-75,78-79,104H,11-41H2,1-10H3,(H,85,100)(H,86,105)(H,87,106)(H,88,101)(H,89,102)/t52-,53+,54?,55?,56-,57-,58-,59-,69-,70-,72+,73+,74+,75+,78+,79?/m1/s1. The van der Waals surface area contributed by atoms with Crippen molar-refractivity contribution >= 4 is 95.2 Å². The minimum Gasteiger partial charge on any atom is -0.465 e. The van der Waals surface area contributed by atoms with Crippen LogP contribution in [0.1, 0.15) is 204 Å². The molecular formula is C79H114F5N5O33. The van der Waals surface area contributed by atoms with E-state index in [1.807, 2.05) is 0 Å². The number of hydrogen-bond donors (Lipinski definition) is 6. The topological polar surface area (TPSA) is 501 Å².